The van der Waals surface area contributed by atoms with Crippen molar-refractivity contribution in [3.63, 3.8) is 0 Å². The van der Waals surface area contributed by atoms with E-state index < -0.39 is 0 Å². The maximum atomic E-state index is 10.6. The lowest BCUT2D eigenvalue weighted by atomic mass is 9.79. The summed E-state index contributed by atoms with van der Waals surface area (Å²) in [7, 11) is -0.360. The third-order valence-corrected chi connectivity index (χ3v) is 3.60. The van der Waals surface area contributed by atoms with E-state index in [1.807, 2.05) is 39.8 Å². The average molecular weight is 232 g/mol. The SMILES string of the molecule is CC1(C)OB(c2ccc(C=O)cc2)OC1(C)C. The second-order valence-corrected chi connectivity index (χ2v) is 5.37. The Morgan fingerprint density at radius 3 is 1.88 bits per heavy atom. The minimum absolute atomic E-state index is 0.332. The Bertz CT molecular complexity index is 407. The Balaban J connectivity index is 2.22. The van der Waals surface area contributed by atoms with E-state index in [9.17, 15) is 4.79 Å². The third kappa shape index (κ3) is 2.15. The van der Waals surface area contributed by atoms with E-state index in [1.165, 1.54) is 0 Å². The molecule has 1 aromatic rings. The second kappa shape index (κ2) is 3.96. The minimum Gasteiger partial charge on any atom is -0.399 e. The van der Waals surface area contributed by atoms with Crippen LogP contribution < -0.4 is 5.46 Å². The highest BCUT2D eigenvalue weighted by molar-refractivity contribution is 6.62. The Morgan fingerprint density at radius 2 is 1.47 bits per heavy atom. The first kappa shape index (κ1) is 12.3. The number of rotatable bonds is 2. The van der Waals surface area contributed by atoms with E-state index in [-0.39, 0.29) is 18.3 Å². The van der Waals surface area contributed by atoms with Crippen molar-refractivity contribution >= 4 is 18.9 Å². The van der Waals surface area contributed by atoms with Crippen molar-refractivity contribution in [1.29, 1.82) is 0 Å². The summed E-state index contributed by atoms with van der Waals surface area (Å²) in [5.41, 5.74) is 0.932. The van der Waals surface area contributed by atoms with Crippen molar-refractivity contribution in [2.45, 2.75) is 38.9 Å². The minimum atomic E-state index is -0.360. The van der Waals surface area contributed by atoms with E-state index in [1.54, 1.807) is 12.1 Å². The Labute approximate surface area is 102 Å². The molecule has 3 nitrogen and oxygen atoms in total. The molecule has 2 rings (SSSR count). The fraction of sp³-hybridized carbons (Fsp3) is 0.462. The summed E-state index contributed by atoms with van der Waals surface area (Å²) >= 11 is 0. The van der Waals surface area contributed by atoms with Gasteiger partial charge in [0, 0.05) is 5.56 Å². The molecule has 0 amide bonds. The lowest BCUT2D eigenvalue weighted by molar-refractivity contribution is 0.00578. The van der Waals surface area contributed by atoms with Gasteiger partial charge < -0.3 is 9.31 Å². The van der Waals surface area contributed by atoms with Crippen LogP contribution in [0.5, 0.6) is 0 Å². The Hall–Kier alpha value is -1.13. The van der Waals surface area contributed by atoms with Crippen LogP contribution in [0.2, 0.25) is 0 Å². The van der Waals surface area contributed by atoms with Gasteiger partial charge in [0.15, 0.2) is 0 Å². The molecule has 0 bridgehead atoms. The van der Waals surface area contributed by atoms with Gasteiger partial charge in [0.1, 0.15) is 6.29 Å². The molecule has 0 unspecified atom stereocenters. The molecule has 1 saturated heterocycles. The van der Waals surface area contributed by atoms with E-state index >= 15 is 0 Å². The van der Waals surface area contributed by atoms with Crippen LogP contribution in [0.15, 0.2) is 24.3 Å². The molecule has 0 radical (unpaired) electrons. The zero-order chi connectivity index (χ0) is 12.7. The second-order valence-electron chi connectivity index (χ2n) is 5.37. The van der Waals surface area contributed by atoms with Gasteiger partial charge in [-0.3, -0.25) is 4.79 Å². The lowest BCUT2D eigenvalue weighted by Gasteiger charge is -2.32. The molecule has 1 aromatic carbocycles. The van der Waals surface area contributed by atoms with Crippen LogP contribution in [0.3, 0.4) is 0 Å². The van der Waals surface area contributed by atoms with Gasteiger partial charge in [0.2, 0.25) is 0 Å². The number of carbonyl (C=O) groups excluding carboxylic acids is 1. The molecule has 4 heteroatoms. The summed E-state index contributed by atoms with van der Waals surface area (Å²) in [6.07, 6.45) is 0.827. The summed E-state index contributed by atoms with van der Waals surface area (Å²) in [6.45, 7) is 8.08. The van der Waals surface area contributed by atoms with Crippen molar-refractivity contribution in [3.8, 4) is 0 Å². The summed E-state index contributed by atoms with van der Waals surface area (Å²) < 4.78 is 11.8. The predicted octanol–water partition coefficient (Wildman–Crippen LogP) is 1.80. The Kier molecular flexibility index (Phi) is 2.88. The van der Waals surface area contributed by atoms with Crippen molar-refractivity contribution in [1.82, 2.24) is 0 Å². The molecule has 0 aromatic heterocycles. The highest BCUT2D eigenvalue weighted by Crippen LogP contribution is 2.36. The molecule has 0 N–H and O–H groups in total. The van der Waals surface area contributed by atoms with Crippen LogP contribution in [-0.2, 0) is 9.31 Å². The largest absolute Gasteiger partial charge is 0.494 e. The van der Waals surface area contributed by atoms with E-state index in [0.717, 1.165) is 11.7 Å². The summed E-state index contributed by atoms with van der Waals surface area (Å²) in [5.74, 6) is 0. The van der Waals surface area contributed by atoms with Gasteiger partial charge >= 0.3 is 7.12 Å². The van der Waals surface area contributed by atoms with Crippen molar-refractivity contribution in [2.75, 3.05) is 0 Å². The number of hydrogen-bond acceptors (Lipinski definition) is 3. The molecular weight excluding hydrogens is 215 g/mol. The molecule has 0 spiro atoms. The normalized spacial score (nSPS) is 21.5. The van der Waals surface area contributed by atoms with Crippen LogP contribution >= 0.6 is 0 Å². The first-order valence-corrected chi connectivity index (χ1v) is 5.76. The fourth-order valence-electron chi connectivity index (χ4n) is 1.71. The summed E-state index contributed by atoms with van der Waals surface area (Å²) in [5, 5.41) is 0. The summed E-state index contributed by atoms with van der Waals surface area (Å²) in [4.78, 5) is 10.6. The number of benzene rings is 1. The van der Waals surface area contributed by atoms with Gasteiger partial charge in [-0.25, -0.2) is 0 Å². The molecule has 1 aliphatic rings. The topological polar surface area (TPSA) is 35.5 Å². The molecule has 17 heavy (non-hydrogen) atoms. The number of hydrogen-bond donors (Lipinski definition) is 0. The van der Waals surface area contributed by atoms with E-state index in [2.05, 4.69) is 0 Å². The van der Waals surface area contributed by atoms with Gasteiger partial charge in [-0.2, -0.15) is 0 Å². The third-order valence-electron chi connectivity index (χ3n) is 3.60. The van der Waals surface area contributed by atoms with Crippen LogP contribution in [0.4, 0.5) is 0 Å². The first-order valence-electron chi connectivity index (χ1n) is 5.76. The standard InChI is InChI=1S/C13H17BO3/c1-12(2)13(3,4)17-14(16-12)11-7-5-10(9-15)6-8-11/h5-9H,1-4H3. The monoisotopic (exact) mass is 232 g/mol. The maximum Gasteiger partial charge on any atom is 0.494 e. The van der Waals surface area contributed by atoms with E-state index in [0.29, 0.717) is 5.56 Å². The lowest BCUT2D eigenvalue weighted by Crippen LogP contribution is -2.41. The average Bonchev–Trinajstić information content (AvgIpc) is 2.48. The van der Waals surface area contributed by atoms with Crippen molar-refractivity contribution in [2.24, 2.45) is 0 Å². The van der Waals surface area contributed by atoms with Crippen LogP contribution in [-0.4, -0.2) is 24.6 Å². The van der Waals surface area contributed by atoms with Crippen molar-refractivity contribution in [3.05, 3.63) is 29.8 Å². The molecule has 0 atom stereocenters. The molecular formula is C13H17BO3. The molecule has 0 aliphatic carbocycles. The molecule has 0 saturated carbocycles. The van der Waals surface area contributed by atoms with Gasteiger partial charge in [0.25, 0.3) is 0 Å². The fourth-order valence-corrected chi connectivity index (χ4v) is 1.71. The zero-order valence-corrected chi connectivity index (χ0v) is 10.7. The van der Waals surface area contributed by atoms with Gasteiger partial charge in [-0.05, 0) is 33.2 Å². The van der Waals surface area contributed by atoms with Gasteiger partial charge in [-0.1, -0.05) is 24.3 Å². The van der Waals surface area contributed by atoms with Crippen LogP contribution in [0, 0.1) is 0 Å². The maximum absolute atomic E-state index is 10.6. The van der Waals surface area contributed by atoms with Gasteiger partial charge in [-0.15, -0.1) is 0 Å². The molecule has 90 valence electrons. The number of carbonyl (C=O) groups is 1. The number of aldehydes is 1. The van der Waals surface area contributed by atoms with Gasteiger partial charge in [0.05, 0.1) is 11.2 Å². The molecule has 1 heterocycles. The summed E-state index contributed by atoms with van der Waals surface area (Å²) in [6, 6.07) is 7.28. The quantitative estimate of drug-likeness (QED) is 0.576. The molecule has 1 fully saturated rings. The highest BCUT2D eigenvalue weighted by atomic mass is 16.7. The zero-order valence-electron chi connectivity index (χ0n) is 10.7. The van der Waals surface area contributed by atoms with E-state index in [4.69, 9.17) is 9.31 Å². The molecule has 1 aliphatic heterocycles. The predicted molar refractivity (Wildman–Crippen MR) is 67.5 cm³/mol. The van der Waals surface area contributed by atoms with Crippen molar-refractivity contribution < 1.29 is 14.1 Å². The Morgan fingerprint density at radius 1 is 1.00 bits per heavy atom. The smallest absolute Gasteiger partial charge is 0.399 e. The van der Waals surface area contributed by atoms with Crippen LogP contribution in [0.1, 0.15) is 38.1 Å². The van der Waals surface area contributed by atoms with Crippen LogP contribution in [0.25, 0.3) is 0 Å². The first-order chi connectivity index (χ1) is 7.86. The highest BCUT2D eigenvalue weighted by Gasteiger charge is 2.51.